The molecule has 1 saturated heterocycles. The predicted octanol–water partition coefficient (Wildman–Crippen LogP) is 2.92. The molecule has 0 N–H and O–H groups in total. The Morgan fingerprint density at radius 2 is 2.37 bits per heavy atom. The Bertz CT molecular complexity index is 414. The Balaban J connectivity index is 1.87. The summed E-state index contributed by atoms with van der Waals surface area (Å²) in [7, 11) is 0. The number of likely N-dealkylation sites (tertiary alicyclic amines) is 1. The van der Waals surface area contributed by atoms with Gasteiger partial charge in [0.1, 0.15) is 12.2 Å². The molecule has 0 unspecified atom stereocenters. The fourth-order valence-corrected chi connectivity index (χ4v) is 2.51. The maximum Gasteiger partial charge on any atom is 0.410 e. The van der Waals surface area contributed by atoms with Crippen molar-refractivity contribution in [3.63, 3.8) is 0 Å². The van der Waals surface area contributed by atoms with Gasteiger partial charge in [0.15, 0.2) is 0 Å². The van der Waals surface area contributed by atoms with Gasteiger partial charge in [0.2, 0.25) is 0 Å². The minimum absolute atomic E-state index is 0.0822. The third kappa shape index (κ3) is 4.09. The SMILES string of the molecule is CC(C)(C)OC(=O)N1CCC[C@H]1COc1nccs1. The predicted molar refractivity (Wildman–Crippen MR) is 73.6 cm³/mol. The summed E-state index contributed by atoms with van der Waals surface area (Å²) in [6.07, 6.45) is 3.40. The minimum Gasteiger partial charge on any atom is -0.468 e. The lowest BCUT2D eigenvalue weighted by Crippen LogP contribution is -2.42. The van der Waals surface area contributed by atoms with Crippen LogP contribution >= 0.6 is 11.3 Å². The van der Waals surface area contributed by atoms with Crippen LogP contribution in [0.4, 0.5) is 4.79 Å². The lowest BCUT2D eigenvalue weighted by Gasteiger charge is -2.28. The minimum atomic E-state index is -0.458. The highest BCUT2D eigenvalue weighted by Gasteiger charge is 2.32. The van der Waals surface area contributed by atoms with Gasteiger partial charge in [-0.3, -0.25) is 0 Å². The van der Waals surface area contributed by atoms with Crippen LogP contribution in [0, 0.1) is 0 Å². The summed E-state index contributed by atoms with van der Waals surface area (Å²) < 4.78 is 11.0. The number of rotatable bonds is 3. The second-order valence-electron chi connectivity index (χ2n) is 5.58. The maximum atomic E-state index is 12.1. The summed E-state index contributed by atoms with van der Waals surface area (Å²) in [4.78, 5) is 17.9. The smallest absolute Gasteiger partial charge is 0.410 e. The van der Waals surface area contributed by atoms with E-state index in [1.165, 1.54) is 11.3 Å². The van der Waals surface area contributed by atoms with Gasteiger partial charge in [0, 0.05) is 18.1 Å². The molecule has 0 radical (unpaired) electrons. The number of carbonyl (C=O) groups excluding carboxylic acids is 1. The summed E-state index contributed by atoms with van der Waals surface area (Å²) in [6.45, 7) is 6.85. The zero-order valence-corrected chi connectivity index (χ0v) is 12.4. The summed E-state index contributed by atoms with van der Waals surface area (Å²) in [5.74, 6) is 0. The molecule has 0 aromatic carbocycles. The van der Waals surface area contributed by atoms with Crippen molar-refractivity contribution in [2.45, 2.75) is 45.3 Å². The van der Waals surface area contributed by atoms with Gasteiger partial charge in [0.05, 0.1) is 6.04 Å². The Labute approximate surface area is 117 Å². The van der Waals surface area contributed by atoms with Crippen molar-refractivity contribution in [2.75, 3.05) is 13.2 Å². The van der Waals surface area contributed by atoms with E-state index in [0.29, 0.717) is 11.8 Å². The summed E-state index contributed by atoms with van der Waals surface area (Å²) in [5, 5.41) is 2.52. The molecular weight excluding hydrogens is 264 g/mol. The van der Waals surface area contributed by atoms with E-state index >= 15 is 0 Å². The second-order valence-corrected chi connectivity index (χ2v) is 6.44. The number of ether oxygens (including phenoxy) is 2. The van der Waals surface area contributed by atoms with Crippen molar-refractivity contribution in [3.8, 4) is 5.19 Å². The average Bonchev–Trinajstić information content (AvgIpc) is 2.95. The first kappa shape index (κ1) is 14.1. The van der Waals surface area contributed by atoms with Crippen molar-refractivity contribution in [3.05, 3.63) is 11.6 Å². The van der Waals surface area contributed by atoms with Crippen LogP contribution in [0.25, 0.3) is 0 Å². The van der Waals surface area contributed by atoms with E-state index in [4.69, 9.17) is 9.47 Å². The van der Waals surface area contributed by atoms with Gasteiger partial charge in [-0.1, -0.05) is 11.3 Å². The van der Waals surface area contributed by atoms with Gasteiger partial charge in [-0.2, -0.15) is 0 Å². The molecule has 1 aromatic heterocycles. The van der Waals surface area contributed by atoms with Crippen molar-refractivity contribution in [2.24, 2.45) is 0 Å². The van der Waals surface area contributed by atoms with E-state index in [2.05, 4.69) is 4.98 Å². The van der Waals surface area contributed by atoms with Crippen LogP contribution in [0.1, 0.15) is 33.6 Å². The molecule has 1 atom stereocenters. The molecule has 0 aliphatic carbocycles. The van der Waals surface area contributed by atoms with Crippen LogP contribution in [0.3, 0.4) is 0 Å². The Kier molecular flexibility index (Phi) is 4.29. The number of carbonyl (C=O) groups is 1. The van der Waals surface area contributed by atoms with Crippen LogP contribution < -0.4 is 4.74 Å². The van der Waals surface area contributed by atoms with Crippen molar-refractivity contribution >= 4 is 17.4 Å². The van der Waals surface area contributed by atoms with Gasteiger partial charge >= 0.3 is 6.09 Å². The average molecular weight is 284 g/mol. The van der Waals surface area contributed by atoms with Crippen LogP contribution in [0.15, 0.2) is 11.6 Å². The molecule has 2 heterocycles. The molecule has 19 heavy (non-hydrogen) atoms. The molecule has 0 bridgehead atoms. The fourth-order valence-electron chi connectivity index (χ4n) is 2.02. The molecule has 2 rings (SSSR count). The normalized spacial score (nSPS) is 19.5. The first-order chi connectivity index (χ1) is 8.96. The number of hydrogen-bond donors (Lipinski definition) is 0. The summed E-state index contributed by atoms with van der Waals surface area (Å²) in [6, 6.07) is 0.0822. The molecule has 1 fully saturated rings. The lowest BCUT2D eigenvalue weighted by atomic mass is 10.2. The largest absolute Gasteiger partial charge is 0.468 e. The molecule has 0 spiro atoms. The quantitative estimate of drug-likeness (QED) is 0.856. The van der Waals surface area contributed by atoms with Crippen LogP contribution in [-0.2, 0) is 4.74 Å². The highest BCUT2D eigenvalue weighted by Crippen LogP contribution is 2.22. The van der Waals surface area contributed by atoms with E-state index in [1.807, 2.05) is 26.2 Å². The van der Waals surface area contributed by atoms with Gasteiger partial charge in [-0.25, -0.2) is 9.78 Å². The van der Waals surface area contributed by atoms with Gasteiger partial charge in [-0.05, 0) is 33.6 Å². The first-order valence-electron chi connectivity index (χ1n) is 6.47. The number of nitrogens with zero attached hydrogens (tertiary/aromatic N) is 2. The Hall–Kier alpha value is -1.30. The van der Waals surface area contributed by atoms with E-state index < -0.39 is 5.60 Å². The standard InChI is InChI=1S/C13H20N2O3S/c1-13(2,3)18-12(16)15-7-4-5-10(15)9-17-11-14-6-8-19-11/h6,8,10H,4-5,7,9H2,1-3H3/t10-/m0/s1. The fraction of sp³-hybridized carbons (Fsp3) is 0.692. The van der Waals surface area contributed by atoms with Crippen molar-refractivity contribution < 1.29 is 14.3 Å². The monoisotopic (exact) mass is 284 g/mol. The number of aromatic nitrogens is 1. The zero-order chi connectivity index (χ0) is 13.9. The molecule has 1 amide bonds. The lowest BCUT2D eigenvalue weighted by molar-refractivity contribution is 0.0187. The summed E-state index contributed by atoms with van der Waals surface area (Å²) in [5.41, 5.74) is -0.458. The molecule has 1 aromatic rings. The second kappa shape index (κ2) is 5.77. The number of thiazole rings is 1. The van der Waals surface area contributed by atoms with Crippen LogP contribution in [0.5, 0.6) is 5.19 Å². The number of amides is 1. The van der Waals surface area contributed by atoms with Crippen molar-refractivity contribution in [1.29, 1.82) is 0 Å². The molecule has 1 aliphatic heterocycles. The Morgan fingerprint density at radius 3 is 3.00 bits per heavy atom. The molecule has 1 aliphatic rings. The zero-order valence-electron chi connectivity index (χ0n) is 11.6. The van der Waals surface area contributed by atoms with Crippen molar-refractivity contribution in [1.82, 2.24) is 9.88 Å². The van der Waals surface area contributed by atoms with E-state index in [-0.39, 0.29) is 12.1 Å². The number of hydrogen-bond acceptors (Lipinski definition) is 5. The maximum absolute atomic E-state index is 12.1. The van der Waals surface area contributed by atoms with Gasteiger partial charge < -0.3 is 14.4 Å². The van der Waals surface area contributed by atoms with E-state index in [1.54, 1.807) is 11.1 Å². The third-order valence-corrected chi connectivity index (χ3v) is 3.50. The molecule has 6 heteroatoms. The van der Waals surface area contributed by atoms with E-state index in [9.17, 15) is 4.79 Å². The van der Waals surface area contributed by atoms with Gasteiger partial charge in [-0.15, -0.1) is 0 Å². The molecule has 5 nitrogen and oxygen atoms in total. The Morgan fingerprint density at radius 1 is 1.58 bits per heavy atom. The molecule has 106 valence electrons. The highest BCUT2D eigenvalue weighted by atomic mass is 32.1. The van der Waals surface area contributed by atoms with Crippen LogP contribution in [0.2, 0.25) is 0 Å². The van der Waals surface area contributed by atoms with Crippen LogP contribution in [-0.4, -0.2) is 40.8 Å². The summed E-state index contributed by atoms with van der Waals surface area (Å²) >= 11 is 1.46. The van der Waals surface area contributed by atoms with Gasteiger partial charge in [0.25, 0.3) is 5.19 Å². The topological polar surface area (TPSA) is 51.7 Å². The molecule has 0 saturated carbocycles. The highest BCUT2D eigenvalue weighted by molar-refractivity contribution is 7.11. The first-order valence-corrected chi connectivity index (χ1v) is 7.35. The third-order valence-electron chi connectivity index (χ3n) is 2.81. The van der Waals surface area contributed by atoms with E-state index in [0.717, 1.165) is 19.4 Å². The molecular formula is C13H20N2O3S.